The van der Waals surface area contributed by atoms with Crippen molar-refractivity contribution in [3.63, 3.8) is 0 Å². The number of aromatic nitrogens is 4. The molecule has 12 nitrogen and oxygen atoms in total. The molecule has 0 aromatic carbocycles. The second kappa shape index (κ2) is 9.30. The average Bonchev–Trinajstić information content (AvgIpc) is 3.18. The highest BCUT2D eigenvalue weighted by molar-refractivity contribution is 7.17. The van der Waals surface area contributed by atoms with Crippen LogP contribution in [0.4, 0.5) is 5.00 Å². The Labute approximate surface area is 178 Å². The van der Waals surface area contributed by atoms with Crippen molar-refractivity contribution < 1.29 is 24.6 Å². The Bertz CT molecular complexity index is 1210. The lowest BCUT2D eigenvalue weighted by atomic mass is 10.1. The van der Waals surface area contributed by atoms with Crippen LogP contribution in [-0.4, -0.2) is 54.0 Å². The number of aliphatic carboxylic acids is 2. The molecule has 1 amide bonds. The van der Waals surface area contributed by atoms with E-state index >= 15 is 0 Å². The number of nitrogens with one attached hydrogen (secondary N) is 3. The number of thiophene rings is 1. The van der Waals surface area contributed by atoms with Gasteiger partial charge in [-0.1, -0.05) is 0 Å². The minimum Gasteiger partial charge on any atom is -0.481 e. The van der Waals surface area contributed by atoms with Crippen molar-refractivity contribution in [1.29, 1.82) is 0 Å². The third kappa shape index (κ3) is 5.60. The van der Waals surface area contributed by atoms with Crippen LogP contribution >= 0.6 is 11.3 Å². The van der Waals surface area contributed by atoms with Gasteiger partial charge in [0.25, 0.3) is 11.5 Å². The smallest absolute Gasteiger partial charge is 0.326 e. The number of aromatic amines is 1. The normalized spacial score (nSPS) is 11.8. The molecule has 3 aromatic rings. The lowest BCUT2D eigenvalue weighted by Gasteiger charge is -2.12. The van der Waals surface area contributed by atoms with Crippen LogP contribution in [-0.2, 0) is 16.1 Å². The van der Waals surface area contributed by atoms with Gasteiger partial charge >= 0.3 is 11.9 Å². The van der Waals surface area contributed by atoms with Gasteiger partial charge in [-0.25, -0.2) is 19.7 Å². The van der Waals surface area contributed by atoms with E-state index in [1.54, 1.807) is 13.0 Å². The van der Waals surface area contributed by atoms with Gasteiger partial charge in [0.1, 0.15) is 11.9 Å². The number of aryl methyl sites for hydroxylation is 1. The maximum absolute atomic E-state index is 12.3. The summed E-state index contributed by atoms with van der Waals surface area (Å²) in [6.45, 7) is 1.88. The number of hydrogen-bond donors (Lipinski definition) is 5. The fraction of sp³-hybridized carbons (Fsp3) is 0.278. The van der Waals surface area contributed by atoms with Gasteiger partial charge in [-0.2, -0.15) is 0 Å². The number of carbonyl (C=O) groups excluding carboxylic acids is 1. The molecule has 0 fully saturated rings. The third-order valence-electron chi connectivity index (χ3n) is 4.11. The number of amides is 1. The Morgan fingerprint density at radius 3 is 2.71 bits per heavy atom. The van der Waals surface area contributed by atoms with Crippen molar-refractivity contribution >= 4 is 45.3 Å². The maximum atomic E-state index is 12.3. The van der Waals surface area contributed by atoms with E-state index in [0.717, 1.165) is 11.3 Å². The van der Waals surface area contributed by atoms with Crippen LogP contribution in [0.1, 0.15) is 34.0 Å². The third-order valence-corrected chi connectivity index (χ3v) is 5.15. The summed E-state index contributed by atoms with van der Waals surface area (Å²) in [6, 6.07) is 1.85. The largest absolute Gasteiger partial charge is 0.481 e. The summed E-state index contributed by atoms with van der Waals surface area (Å²) in [5.41, 5.74) is 0.471. The van der Waals surface area contributed by atoms with Gasteiger partial charge < -0.3 is 25.8 Å². The molecule has 0 saturated heterocycles. The molecule has 0 aliphatic carbocycles. The topological polar surface area (TPSA) is 187 Å². The molecule has 13 heteroatoms. The molecule has 0 unspecified atom stereocenters. The molecule has 0 saturated carbocycles. The first-order valence-electron chi connectivity index (χ1n) is 9.04. The SMILES string of the molecule is Cc1nc2ncc(CNc3ccc(C(=O)N[C@@H](CCC(=O)O)C(=O)O)s3)nc2c(=O)[nH]1. The van der Waals surface area contributed by atoms with Gasteiger partial charge in [0.15, 0.2) is 11.2 Å². The molecule has 3 aromatic heterocycles. The second-order valence-electron chi connectivity index (χ2n) is 6.50. The molecular weight excluding hydrogens is 428 g/mol. The van der Waals surface area contributed by atoms with Gasteiger partial charge in [0.2, 0.25) is 0 Å². The molecule has 3 heterocycles. The van der Waals surface area contributed by atoms with Crippen LogP contribution in [0.25, 0.3) is 11.2 Å². The molecule has 0 radical (unpaired) electrons. The summed E-state index contributed by atoms with van der Waals surface area (Å²) in [5.74, 6) is -2.63. The predicted octanol–water partition coefficient (Wildman–Crippen LogP) is 0.743. The van der Waals surface area contributed by atoms with Crippen molar-refractivity contribution in [2.45, 2.75) is 32.4 Å². The average molecular weight is 446 g/mol. The molecule has 0 bridgehead atoms. The van der Waals surface area contributed by atoms with E-state index in [1.807, 2.05) is 0 Å². The molecule has 162 valence electrons. The van der Waals surface area contributed by atoms with E-state index < -0.39 is 23.9 Å². The summed E-state index contributed by atoms with van der Waals surface area (Å²) in [6.07, 6.45) is 0.891. The van der Waals surface area contributed by atoms with E-state index in [2.05, 4.69) is 30.6 Å². The minimum absolute atomic E-state index is 0.122. The zero-order chi connectivity index (χ0) is 22.5. The molecule has 3 rings (SSSR count). The summed E-state index contributed by atoms with van der Waals surface area (Å²) in [4.78, 5) is 61.5. The highest BCUT2D eigenvalue weighted by atomic mass is 32.1. The Kier molecular flexibility index (Phi) is 6.55. The second-order valence-corrected chi connectivity index (χ2v) is 7.58. The lowest BCUT2D eigenvalue weighted by molar-refractivity contribution is -0.140. The Hall–Kier alpha value is -3.87. The number of nitrogens with zero attached hydrogens (tertiary/aromatic N) is 3. The number of carboxylic acids is 2. The van der Waals surface area contributed by atoms with Crippen LogP contribution in [0.3, 0.4) is 0 Å². The molecule has 5 N–H and O–H groups in total. The molecule has 0 spiro atoms. The quantitative estimate of drug-likeness (QED) is 0.314. The highest BCUT2D eigenvalue weighted by Crippen LogP contribution is 2.22. The van der Waals surface area contributed by atoms with Gasteiger partial charge in [0, 0.05) is 6.42 Å². The zero-order valence-corrected chi connectivity index (χ0v) is 17.0. The molecule has 1 atom stereocenters. The maximum Gasteiger partial charge on any atom is 0.326 e. The van der Waals surface area contributed by atoms with Gasteiger partial charge in [-0.3, -0.25) is 14.4 Å². The first-order chi connectivity index (χ1) is 14.7. The van der Waals surface area contributed by atoms with Gasteiger partial charge in [-0.05, 0) is 25.5 Å². The summed E-state index contributed by atoms with van der Waals surface area (Å²) in [5, 5.41) is 23.8. The minimum atomic E-state index is -1.31. The van der Waals surface area contributed by atoms with Gasteiger partial charge in [-0.15, -0.1) is 11.3 Å². The number of H-pyrrole nitrogens is 1. The first-order valence-corrected chi connectivity index (χ1v) is 9.86. The lowest BCUT2D eigenvalue weighted by Crippen LogP contribution is -2.40. The zero-order valence-electron chi connectivity index (χ0n) is 16.2. The van der Waals surface area contributed by atoms with Crippen molar-refractivity contribution in [3.8, 4) is 0 Å². The summed E-state index contributed by atoms with van der Waals surface area (Å²) < 4.78 is 0. The predicted molar refractivity (Wildman–Crippen MR) is 110 cm³/mol. The van der Waals surface area contributed by atoms with Crippen molar-refractivity contribution in [2.24, 2.45) is 0 Å². The Morgan fingerprint density at radius 2 is 2.00 bits per heavy atom. The summed E-state index contributed by atoms with van der Waals surface area (Å²) in [7, 11) is 0. The van der Waals surface area contributed by atoms with Crippen LogP contribution < -0.4 is 16.2 Å². The summed E-state index contributed by atoms with van der Waals surface area (Å²) >= 11 is 1.09. The van der Waals surface area contributed by atoms with E-state index in [1.165, 1.54) is 12.3 Å². The van der Waals surface area contributed by atoms with E-state index in [4.69, 9.17) is 10.2 Å². The van der Waals surface area contributed by atoms with Crippen LogP contribution in [0.2, 0.25) is 0 Å². The number of rotatable bonds is 9. The van der Waals surface area contributed by atoms with Crippen molar-refractivity contribution in [3.05, 3.63) is 45.1 Å². The Balaban J connectivity index is 1.63. The van der Waals surface area contributed by atoms with Crippen LogP contribution in [0.15, 0.2) is 23.1 Å². The number of carbonyl (C=O) groups is 3. The fourth-order valence-corrected chi connectivity index (χ4v) is 3.44. The molecule has 0 aliphatic heterocycles. The van der Waals surface area contributed by atoms with E-state index in [0.29, 0.717) is 16.5 Å². The van der Waals surface area contributed by atoms with Crippen molar-refractivity contribution in [1.82, 2.24) is 25.3 Å². The molecular formula is C18H18N6O6S. The van der Waals surface area contributed by atoms with E-state index in [9.17, 15) is 19.2 Å². The number of carboxylic acid groups (broad SMARTS) is 2. The fourth-order valence-electron chi connectivity index (χ4n) is 2.64. The molecule has 0 aliphatic rings. The van der Waals surface area contributed by atoms with E-state index in [-0.39, 0.29) is 41.0 Å². The van der Waals surface area contributed by atoms with Crippen LogP contribution in [0.5, 0.6) is 0 Å². The monoisotopic (exact) mass is 446 g/mol. The number of anilines is 1. The molecule has 31 heavy (non-hydrogen) atoms. The standard InChI is InChI=1S/C18H18N6O6S/c1-8-21-15-14(17(28)22-8)23-9(7-20-15)6-19-12-4-3-11(31-12)16(27)24-10(18(29)30)2-5-13(25)26/h3-4,7,10,19H,2,5-6H2,1H3,(H,24,27)(H,25,26)(H,29,30)(H,20,21,22,28)/t10-/m0/s1. The highest BCUT2D eigenvalue weighted by Gasteiger charge is 2.22. The Morgan fingerprint density at radius 1 is 1.23 bits per heavy atom. The first kappa shape index (κ1) is 21.8. The van der Waals surface area contributed by atoms with Crippen molar-refractivity contribution in [2.75, 3.05) is 5.32 Å². The van der Waals surface area contributed by atoms with Crippen LogP contribution in [0, 0.1) is 6.92 Å². The number of fused-ring (bicyclic) bond motifs is 1. The number of hydrogen-bond acceptors (Lipinski definition) is 9. The van der Waals surface area contributed by atoms with Gasteiger partial charge in [0.05, 0.1) is 28.3 Å².